The van der Waals surface area contributed by atoms with Crippen molar-refractivity contribution in [1.82, 2.24) is 5.32 Å². The van der Waals surface area contributed by atoms with Gasteiger partial charge in [-0.05, 0) is 50.4 Å². The molecule has 114 valence electrons. The van der Waals surface area contributed by atoms with Crippen LogP contribution in [0.15, 0.2) is 18.2 Å². The van der Waals surface area contributed by atoms with Gasteiger partial charge in [-0.3, -0.25) is 4.79 Å². The number of hydrogen-bond acceptors (Lipinski definition) is 3. The SMILES string of the molecule is NC(=O)c1cc(F)ccc1N(CC1CCCCN1)C1CC1. The van der Waals surface area contributed by atoms with E-state index in [4.69, 9.17) is 5.73 Å². The summed E-state index contributed by atoms with van der Waals surface area (Å²) >= 11 is 0. The minimum Gasteiger partial charge on any atom is -0.366 e. The van der Waals surface area contributed by atoms with Crippen LogP contribution < -0.4 is 16.0 Å². The fourth-order valence-corrected chi connectivity index (χ4v) is 3.10. The number of amides is 1. The first-order valence-corrected chi connectivity index (χ1v) is 7.74. The van der Waals surface area contributed by atoms with E-state index in [0.717, 1.165) is 38.0 Å². The first-order chi connectivity index (χ1) is 10.1. The molecule has 1 atom stereocenters. The fraction of sp³-hybridized carbons (Fsp3) is 0.562. The Morgan fingerprint density at radius 1 is 1.33 bits per heavy atom. The molecule has 3 N–H and O–H groups in total. The average Bonchev–Trinajstić information content (AvgIpc) is 3.31. The number of nitrogens with two attached hydrogens (primary N) is 1. The van der Waals surface area contributed by atoms with Crippen molar-refractivity contribution >= 4 is 11.6 Å². The van der Waals surface area contributed by atoms with Crippen molar-refractivity contribution in [3.05, 3.63) is 29.6 Å². The van der Waals surface area contributed by atoms with Crippen LogP contribution in [0.5, 0.6) is 0 Å². The minimum absolute atomic E-state index is 0.290. The van der Waals surface area contributed by atoms with Crippen LogP contribution in [-0.2, 0) is 0 Å². The van der Waals surface area contributed by atoms with Crippen molar-refractivity contribution < 1.29 is 9.18 Å². The van der Waals surface area contributed by atoms with Crippen molar-refractivity contribution in [2.75, 3.05) is 18.0 Å². The predicted molar refractivity (Wildman–Crippen MR) is 80.9 cm³/mol. The molecular weight excluding hydrogens is 269 g/mol. The van der Waals surface area contributed by atoms with Gasteiger partial charge in [0.05, 0.1) is 11.3 Å². The molecule has 2 fully saturated rings. The normalized spacial score (nSPS) is 22.0. The van der Waals surface area contributed by atoms with Crippen LogP contribution in [0.25, 0.3) is 0 Å². The second kappa shape index (κ2) is 6.02. The Bertz CT molecular complexity index is 524. The molecule has 1 aromatic rings. The maximum atomic E-state index is 13.4. The van der Waals surface area contributed by atoms with Gasteiger partial charge in [-0.25, -0.2) is 4.39 Å². The molecule has 0 bridgehead atoms. The van der Waals surface area contributed by atoms with E-state index in [0.29, 0.717) is 12.1 Å². The maximum Gasteiger partial charge on any atom is 0.250 e. The summed E-state index contributed by atoms with van der Waals surface area (Å²) < 4.78 is 13.4. The van der Waals surface area contributed by atoms with E-state index in [1.807, 2.05) is 0 Å². The van der Waals surface area contributed by atoms with Crippen molar-refractivity contribution in [2.24, 2.45) is 5.73 Å². The molecule has 1 amide bonds. The van der Waals surface area contributed by atoms with E-state index in [1.54, 1.807) is 6.07 Å². The van der Waals surface area contributed by atoms with Gasteiger partial charge in [0.15, 0.2) is 0 Å². The van der Waals surface area contributed by atoms with Gasteiger partial charge in [0, 0.05) is 18.6 Å². The first kappa shape index (κ1) is 14.3. The smallest absolute Gasteiger partial charge is 0.250 e. The highest BCUT2D eigenvalue weighted by atomic mass is 19.1. The zero-order valence-corrected chi connectivity index (χ0v) is 12.1. The Kier molecular flexibility index (Phi) is 4.10. The summed E-state index contributed by atoms with van der Waals surface area (Å²) in [6.07, 6.45) is 5.87. The number of piperidine rings is 1. The van der Waals surface area contributed by atoms with E-state index >= 15 is 0 Å². The zero-order chi connectivity index (χ0) is 14.8. The number of nitrogens with one attached hydrogen (secondary N) is 1. The van der Waals surface area contributed by atoms with Crippen LogP contribution in [0.3, 0.4) is 0 Å². The van der Waals surface area contributed by atoms with Crippen LogP contribution in [0.2, 0.25) is 0 Å². The van der Waals surface area contributed by atoms with Gasteiger partial charge in [-0.2, -0.15) is 0 Å². The number of halogens is 1. The molecule has 1 aliphatic carbocycles. The van der Waals surface area contributed by atoms with E-state index < -0.39 is 11.7 Å². The van der Waals surface area contributed by atoms with E-state index in [9.17, 15) is 9.18 Å². The first-order valence-electron chi connectivity index (χ1n) is 7.74. The lowest BCUT2D eigenvalue weighted by Gasteiger charge is -2.33. The van der Waals surface area contributed by atoms with Gasteiger partial charge in [0.1, 0.15) is 5.82 Å². The number of anilines is 1. The third-order valence-electron chi connectivity index (χ3n) is 4.35. The molecule has 5 heteroatoms. The quantitative estimate of drug-likeness (QED) is 0.873. The Hall–Kier alpha value is -1.62. The highest BCUT2D eigenvalue weighted by Crippen LogP contribution is 2.34. The topological polar surface area (TPSA) is 58.4 Å². The standard InChI is InChI=1S/C16H22FN3O/c17-11-4-7-15(14(9-11)16(18)21)20(13-5-6-13)10-12-3-1-2-8-19-12/h4,7,9,12-13,19H,1-3,5-6,8,10H2,(H2,18,21). The Labute approximate surface area is 124 Å². The molecule has 1 heterocycles. The number of nitrogens with zero attached hydrogens (tertiary/aromatic N) is 1. The monoisotopic (exact) mass is 291 g/mol. The molecule has 0 spiro atoms. The fourth-order valence-electron chi connectivity index (χ4n) is 3.10. The highest BCUT2D eigenvalue weighted by molar-refractivity contribution is 5.98. The third kappa shape index (κ3) is 3.35. The second-order valence-corrected chi connectivity index (χ2v) is 6.06. The Morgan fingerprint density at radius 2 is 2.14 bits per heavy atom. The number of rotatable bonds is 5. The van der Waals surface area contributed by atoms with E-state index in [2.05, 4.69) is 10.2 Å². The summed E-state index contributed by atoms with van der Waals surface area (Å²) in [6.45, 7) is 1.91. The van der Waals surface area contributed by atoms with Gasteiger partial charge >= 0.3 is 0 Å². The van der Waals surface area contributed by atoms with Gasteiger partial charge in [0.25, 0.3) is 5.91 Å². The lowest BCUT2D eigenvalue weighted by molar-refractivity contribution is 0.1000. The van der Waals surface area contributed by atoms with Gasteiger partial charge in [-0.15, -0.1) is 0 Å². The number of hydrogen-bond donors (Lipinski definition) is 2. The van der Waals surface area contributed by atoms with Crippen LogP contribution in [0.1, 0.15) is 42.5 Å². The van der Waals surface area contributed by atoms with Crippen molar-refractivity contribution in [1.29, 1.82) is 0 Å². The molecule has 1 aliphatic heterocycles. The number of primary amides is 1. The van der Waals surface area contributed by atoms with Crippen LogP contribution >= 0.6 is 0 Å². The van der Waals surface area contributed by atoms with E-state index in [1.165, 1.54) is 25.0 Å². The molecule has 0 aromatic heterocycles. The molecule has 0 radical (unpaired) electrons. The Balaban J connectivity index is 1.85. The van der Waals surface area contributed by atoms with Gasteiger partial charge < -0.3 is 16.0 Å². The molecule has 1 unspecified atom stereocenters. The summed E-state index contributed by atoms with van der Waals surface area (Å²) in [5.41, 5.74) is 6.49. The predicted octanol–water partition coefficient (Wildman–Crippen LogP) is 2.04. The van der Waals surface area contributed by atoms with Gasteiger partial charge in [-0.1, -0.05) is 6.42 Å². The Morgan fingerprint density at radius 3 is 2.76 bits per heavy atom. The molecule has 1 saturated heterocycles. The largest absolute Gasteiger partial charge is 0.366 e. The molecule has 21 heavy (non-hydrogen) atoms. The lowest BCUT2D eigenvalue weighted by atomic mass is 10.0. The van der Waals surface area contributed by atoms with Crippen LogP contribution in [0.4, 0.5) is 10.1 Å². The summed E-state index contributed by atoms with van der Waals surface area (Å²) in [5, 5.41) is 3.53. The van der Waals surface area contributed by atoms with E-state index in [-0.39, 0.29) is 5.56 Å². The molecular formula is C16H22FN3O. The third-order valence-corrected chi connectivity index (χ3v) is 4.35. The maximum absolute atomic E-state index is 13.4. The summed E-state index contributed by atoms with van der Waals surface area (Å²) in [6, 6.07) is 5.24. The number of carbonyl (C=O) groups excluding carboxylic acids is 1. The molecule has 4 nitrogen and oxygen atoms in total. The average molecular weight is 291 g/mol. The second-order valence-electron chi connectivity index (χ2n) is 6.06. The lowest BCUT2D eigenvalue weighted by Crippen LogP contribution is -2.45. The summed E-state index contributed by atoms with van der Waals surface area (Å²) in [7, 11) is 0. The molecule has 3 rings (SSSR count). The summed E-state index contributed by atoms with van der Waals surface area (Å²) in [5.74, 6) is -0.981. The zero-order valence-electron chi connectivity index (χ0n) is 12.1. The van der Waals surface area contributed by atoms with Crippen molar-refractivity contribution in [3.63, 3.8) is 0 Å². The van der Waals surface area contributed by atoms with Crippen molar-refractivity contribution in [2.45, 2.75) is 44.2 Å². The molecule has 2 aliphatic rings. The minimum atomic E-state index is -0.563. The van der Waals surface area contributed by atoms with Crippen molar-refractivity contribution in [3.8, 4) is 0 Å². The molecule has 1 saturated carbocycles. The van der Waals surface area contributed by atoms with Crippen LogP contribution in [-0.4, -0.2) is 31.1 Å². The van der Waals surface area contributed by atoms with Crippen LogP contribution in [0, 0.1) is 5.82 Å². The molecule has 1 aromatic carbocycles. The van der Waals surface area contributed by atoms with Gasteiger partial charge in [0.2, 0.25) is 0 Å². The highest BCUT2D eigenvalue weighted by Gasteiger charge is 2.33. The number of benzene rings is 1. The summed E-state index contributed by atoms with van der Waals surface area (Å²) in [4.78, 5) is 13.9. The number of carbonyl (C=O) groups is 1.